The summed E-state index contributed by atoms with van der Waals surface area (Å²) >= 11 is 6.00. The fraction of sp³-hybridized carbons (Fsp3) is 0.364. The van der Waals surface area contributed by atoms with Gasteiger partial charge < -0.3 is 10.1 Å². The lowest BCUT2D eigenvalue weighted by Crippen LogP contribution is -2.47. The molecule has 4 rings (SSSR count). The highest BCUT2D eigenvalue weighted by molar-refractivity contribution is 7.89. The quantitative estimate of drug-likeness (QED) is 0.710. The molecule has 0 aliphatic carbocycles. The monoisotopic (exact) mass is 477 g/mol. The van der Waals surface area contributed by atoms with Crippen LogP contribution in [-0.2, 0) is 37.3 Å². The molecule has 2 aromatic carbocycles. The van der Waals surface area contributed by atoms with Crippen LogP contribution in [0.3, 0.4) is 0 Å². The third kappa shape index (κ3) is 4.52. The number of anilines is 1. The van der Waals surface area contributed by atoms with Gasteiger partial charge in [0.15, 0.2) is 0 Å². The number of nitrogens with one attached hydrogen (secondary N) is 1. The SMILES string of the molecule is CC(=O)N1c2ccc(S(=O)(=O)N3CCOCC3)cc2C[C@H]1C(=O)NCc1cccc(Cl)c1. The van der Waals surface area contributed by atoms with E-state index in [0.717, 1.165) is 5.56 Å². The number of rotatable bonds is 5. The van der Waals surface area contributed by atoms with Gasteiger partial charge in [-0.1, -0.05) is 23.7 Å². The molecule has 2 heterocycles. The van der Waals surface area contributed by atoms with Gasteiger partial charge in [-0.15, -0.1) is 0 Å². The predicted molar refractivity (Wildman–Crippen MR) is 120 cm³/mol. The number of hydrogen-bond acceptors (Lipinski definition) is 5. The van der Waals surface area contributed by atoms with Gasteiger partial charge in [0, 0.05) is 43.7 Å². The normalized spacial score (nSPS) is 18.9. The molecule has 0 unspecified atom stereocenters. The molecule has 2 aliphatic rings. The molecule has 0 bridgehead atoms. The molecule has 1 N–H and O–H groups in total. The van der Waals surface area contributed by atoms with Crippen LogP contribution in [0.25, 0.3) is 0 Å². The summed E-state index contributed by atoms with van der Waals surface area (Å²) in [6.07, 6.45) is 0.239. The minimum absolute atomic E-state index is 0.154. The fourth-order valence-electron chi connectivity index (χ4n) is 4.08. The third-order valence-electron chi connectivity index (χ3n) is 5.64. The van der Waals surface area contributed by atoms with Crippen LogP contribution >= 0.6 is 11.6 Å². The molecule has 1 fully saturated rings. The zero-order chi connectivity index (χ0) is 22.9. The van der Waals surface area contributed by atoms with Gasteiger partial charge in [0.2, 0.25) is 21.8 Å². The Kier molecular flexibility index (Phi) is 6.52. The lowest BCUT2D eigenvalue weighted by atomic mass is 10.1. The van der Waals surface area contributed by atoms with Gasteiger partial charge in [-0.3, -0.25) is 14.5 Å². The summed E-state index contributed by atoms with van der Waals surface area (Å²) in [7, 11) is -3.67. The standard InChI is InChI=1S/C22H24ClN3O5S/c1-15(27)26-20-6-5-19(32(29,30)25-7-9-31-10-8-25)12-17(20)13-21(26)22(28)24-14-16-3-2-4-18(23)11-16/h2-6,11-12,21H,7-10,13-14H2,1H3,(H,24,28)/t21-/m0/s1. The highest BCUT2D eigenvalue weighted by atomic mass is 35.5. The van der Waals surface area contributed by atoms with Gasteiger partial charge in [-0.2, -0.15) is 4.31 Å². The Morgan fingerprint density at radius 1 is 1.16 bits per heavy atom. The summed E-state index contributed by atoms with van der Waals surface area (Å²) in [6.45, 7) is 2.98. The summed E-state index contributed by atoms with van der Waals surface area (Å²) in [4.78, 5) is 26.9. The number of amides is 2. The summed E-state index contributed by atoms with van der Waals surface area (Å²) < 4.78 is 32.6. The van der Waals surface area contributed by atoms with Gasteiger partial charge in [-0.25, -0.2) is 8.42 Å². The van der Waals surface area contributed by atoms with Crippen LogP contribution in [0.15, 0.2) is 47.4 Å². The lowest BCUT2D eigenvalue weighted by Gasteiger charge is -2.26. The van der Waals surface area contributed by atoms with Crippen molar-refractivity contribution in [3.05, 3.63) is 58.6 Å². The minimum atomic E-state index is -3.67. The number of sulfonamides is 1. The fourth-order valence-corrected chi connectivity index (χ4v) is 5.75. The summed E-state index contributed by atoms with van der Waals surface area (Å²) in [5.41, 5.74) is 2.05. The number of morpholine rings is 1. The number of ether oxygens (including phenoxy) is 1. The minimum Gasteiger partial charge on any atom is -0.379 e. The molecule has 2 aromatic rings. The maximum Gasteiger partial charge on any atom is 0.243 e. The van der Waals surface area contributed by atoms with E-state index in [1.165, 1.54) is 22.2 Å². The van der Waals surface area contributed by atoms with Gasteiger partial charge in [0.25, 0.3) is 0 Å². The molecule has 2 amide bonds. The molecule has 0 radical (unpaired) electrons. The van der Waals surface area contributed by atoms with Crippen molar-refractivity contribution in [2.45, 2.75) is 30.8 Å². The Morgan fingerprint density at radius 2 is 1.91 bits per heavy atom. The molecule has 10 heteroatoms. The predicted octanol–water partition coefficient (Wildman–Crippen LogP) is 1.95. The highest BCUT2D eigenvalue weighted by Crippen LogP contribution is 2.35. The van der Waals surface area contributed by atoms with E-state index in [1.807, 2.05) is 6.07 Å². The van der Waals surface area contributed by atoms with Gasteiger partial charge >= 0.3 is 0 Å². The van der Waals surface area contributed by atoms with E-state index in [2.05, 4.69) is 5.32 Å². The number of halogens is 1. The Labute approximate surface area is 192 Å². The molecule has 170 valence electrons. The molecule has 1 atom stereocenters. The van der Waals surface area contributed by atoms with Crippen molar-refractivity contribution in [2.75, 3.05) is 31.2 Å². The molecule has 0 saturated carbocycles. The van der Waals surface area contributed by atoms with E-state index in [0.29, 0.717) is 42.6 Å². The van der Waals surface area contributed by atoms with Crippen molar-refractivity contribution in [3.63, 3.8) is 0 Å². The first kappa shape index (κ1) is 22.7. The summed E-state index contributed by atoms with van der Waals surface area (Å²) in [6, 6.07) is 11.1. The first-order valence-electron chi connectivity index (χ1n) is 10.3. The van der Waals surface area contributed by atoms with Crippen molar-refractivity contribution in [1.29, 1.82) is 0 Å². The van der Waals surface area contributed by atoms with E-state index in [1.54, 1.807) is 30.3 Å². The first-order chi connectivity index (χ1) is 15.3. The first-order valence-corrected chi connectivity index (χ1v) is 12.1. The molecular weight excluding hydrogens is 454 g/mol. The number of hydrogen-bond donors (Lipinski definition) is 1. The van der Waals surface area contributed by atoms with Crippen LogP contribution in [0.2, 0.25) is 5.02 Å². The van der Waals surface area contributed by atoms with E-state index < -0.39 is 16.1 Å². The maximum atomic E-state index is 13.0. The molecule has 0 spiro atoms. The average Bonchev–Trinajstić information content (AvgIpc) is 3.17. The smallest absolute Gasteiger partial charge is 0.243 e. The topological polar surface area (TPSA) is 96.0 Å². The Morgan fingerprint density at radius 3 is 2.59 bits per heavy atom. The van der Waals surface area contributed by atoms with Crippen molar-refractivity contribution in [2.24, 2.45) is 0 Å². The van der Waals surface area contributed by atoms with E-state index >= 15 is 0 Å². The second kappa shape index (κ2) is 9.19. The largest absolute Gasteiger partial charge is 0.379 e. The van der Waals surface area contributed by atoms with Crippen molar-refractivity contribution in [1.82, 2.24) is 9.62 Å². The van der Waals surface area contributed by atoms with Gasteiger partial charge in [0.05, 0.1) is 18.1 Å². The zero-order valence-corrected chi connectivity index (χ0v) is 19.2. The molecule has 2 aliphatic heterocycles. The van der Waals surface area contributed by atoms with Crippen LogP contribution in [0.1, 0.15) is 18.1 Å². The van der Waals surface area contributed by atoms with Crippen LogP contribution in [0, 0.1) is 0 Å². The Hall–Kier alpha value is -2.46. The van der Waals surface area contributed by atoms with Crippen LogP contribution in [0.4, 0.5) is 5.69 Å². The molecule has 8 nitrogen and oxygen atoms in total. The van der Waals surface area contributed by atoms with E-state index in [-0.39, 0.29) is 29.7 Å². The van der Waals surface area contributed by atoms with E-state index in [4.69, 9.17) is 16.3 Å². The number of carbonyl (C=O) groups is 2. The maximum absolute atomic E-state index is 13.0. The van der Waals surface area contributed by atoms with Crippen LogP contribution in [-0.4, -0.2) is 56.9 Å². The zero-order valence-electron chi connectivity index (χ0n) is 17.6. The Bertz CT molecular complexity index is 1150. The third-order valence-corrected chi connectivity index (χ3v) is 7.77. The van der Waals surface area contributed by atoms with Crippen molar-refractivity contribution in [3.8, 4) is 0 Å². The average molecular weight is 478 g/mol. The number of benzene rings is 2. The van der Waals surface area contributed by atoms with Crippen LogP contribution < -0.4 is 10.2 Å². The molecule has 32 heavy (non-hydrogen) atoms. The number of carbonyl (C=O) groups excluding carboxylic acids is 2. The summed E-state index contributed by atoms with van der Waals surface area (Å²) in [5.74, 6) is -0.593. The van der Waals surface area contributed by atoms with E-state index in [9.17, 15) is 18.0 Å². The molecule has 1 saturated heterocycles. The number of nitrogens with zero attached hydrogens (tertiary/aromatic N) is 2. The number of fused-ring (bicyclic) bond motifs is 1. The summed E-state index contributed by atoms with van der Waals surface area (Å²) in [5, 5.41) is 3.43. The van der Waals surface area contributed by atoms with Crippen LogP contribution in [0.5, 0.6) is 0 Å². The Balaban J connectivity index is 1.55. The lowest BCUT2D eigenvalue weighted by molar-refractivity contribution is -0.125. The second-order valence-electron chi connectivity index (χ2n) is 7.76. The van der Waals surface area contributed by atoms with Gasteiger partial charge in [-0.05, 0) is 41.5 Å². The highest BCUT2D eigenvalue weighted by Gasteiger charge is 2.38. The molecule has 0 aromatic heterocycles. The molecular formula is C22H24ClN3O5S. The van der Waals surface area contributed by atoms with Crippen molar-refractivity contribution < 1.29 is 22.7 Å². The second-order valence-corrected chi connectivity index (χ2v) is 10.1. The van der Waals surface area contributed by atoms with Gasteiger partial charge in [0.1, 0.15) is 6.04 Å². The van der Waals surface area contributed by atoms with Crippen molar-refractivity contribution >= 4 is 39.1 Å².